The van der Waals surface area contributed by atoms with Crippen molar-refractivity contribution in [3.8, 4) is 0 Å². The van der Waals surface area contributed by atoms with Gasteiger partial charge in [-0.05, 0) is 43.6 Å². The maximum Gasteiger partial charge on any atom is 0.225 e. The van der Waals surface area contributed by atoms with E-state index in [1.54, 1.807) is 0 Å². The van der Waals surface area contributed by atoms with Crippen LogP contribution in [0.15, 0.2) is 30.3 Å². The van der Waals surface area contributed by atoms with Crippen molar-refractivity contribution in [2.45, 2.75) is 44.1 Å². The highest BCUT2D eigenvalue weighted by atomic mass is 16.3. The van der Waals surface area contributed by atoms with Crippen molar-refractivity contribution in [1.82, 2.24) is 4.90 Å². The predicted molar refractivity (Wildman–Crippen MR) is 78.3 cm³/mol. The fourth-order valence-electron chi connectivity index (χ4n) is 3.60. The summed E-state index contributed by atoms with van der Waals surface area (Å²) in [6.07, 6.45) is 4.63. The lowest BCUT2D eigenvalue weighted by Crippen LogP contribution is -2.36. The molecule has 3 rings (SSSR count). The molecule has 1 amide bonds. The maximum atomic E-state index is 12.4. The van der Waals surface area contributed by atoms with Gasteiger partial charge in [0.15, 0.2) is 0 Å². The highest BCUT2D eigenvalue weighted by Gasteiger charge is 2.32. The molecule has 0 unspecified atom stereocenters. The highest BCUT2D eigenvalue weighted by Crippen LogP contribution is 2.36. The van der Waals surface area contributed by atoms with Crippen LogP contribution in [0.25, 0.3) is 0 Å². The van der Waals surface area contributed by atoms with Crippen LogP contribution in [0.2, 0.25) is 0 Å². The maximum absolute atomic E-state index is 12.4. The molecule has 1 saturated heterocycles. The lowest BCUT2D eigenvalue weighted by molar-refractivity contribution is -0.135. The second-order valence-corrected chi connectivity index (χ2v) is 6.19. The summed E-state index contributed by atoms with van der Waals surface area (Å²) in [6, 6.07) is 10.6. The van der Waals surface area contributed by atoms with E-state index >= 15 is 0 Å². The number of hydrogen-bond donors (Lipinski definition) is 1. The van der Waals surface area contributed by atoms with E-state index in [0.717, 1.165) is 38.6 Å². The van der Waals surface area contributed by atoms with Crippen molar-refractivity contribution in [3.63, 3.8) is 0 Å². The molecule has 2 aliphatic rings. The molecule has 2 fully saturated rings. The van der Waals surface area contributed by atoms with E-state index in [1.165, 1.54) is 5.56 Å². The van der Waals surface area contributed by atoms with Crippen molar-refractivity contribution >= 4 is 5.91 Å². The molecule has 3 heteroatoms. The molecule has 108 valence electrons. The Hall–Kier alpha value is -1.35. The van der Waals surface area contributed by atoms with Crippen LogP contribution in [0.4, 0.5) is 0 Å². The average molecular weight is 273 g/mol. The Kier molecular flexibility index (Phi) is 4.06. The molecule has 0 spiro atoms. The van der Waals surface area contributed by atoms with Crippen LogP contribution in [-0.2, 0) is 4.79 Å². The lowest BCUT2D eigenvalue weighted by atomic mass is 9.78. The Bertz CT molecular complexity index is 451. The van der Waals surface area contributed by atoms with Crippen LogP contribution in [-0.4, -0.2) is 35.1 Å². The fourth-order valence-corrected chi connectivity index (χ4v) is 3.60. The van der Waals surface area contributed by atoms with Gasteiger partial charge in [-0.15, -0.1) is 0 Å². The van der Waals surface area contributed by atoms with E-state index in [2.05, 4.69) is 30.3 Å². The van der Waals surface area contributed by atoms with Crippen LogP contribution in [0.5, 0.6) is 0 Å². The Labute approximate surface area is 120 Å². The Morgan fingerprint density at radius 1 is 1.05 bits per heavy atom. The smallest absolute Gasteiger partial charge is 0.225 e. The topological polar surface area (TPSA) is 40.5 Å². The number of benzene rings is 1. The minimum absolute atomic E-state index is 0.181. The minimum atomic E-state index is -0.306. The number of aliphatic hydroxyl groups is 1. The SMILES string of the molecule is O=C(C1CCC(c2ccccc2)CC1)N1CC[C@@H](O)C1. The van der Waals surface area contributed by atoms with Gasteiger partial charge in [0.2, 0.25) is 5.91 Å². The van der Waals surface area contributed by atoms with Crippen molar-refractivity contribution in [1.29, 1.82) is 0 Å². The van der Waals surface area contributed by atoms with Crippen LogP contribution in [0.1, 0.15) is 43.6 Å². The third-order valence-electron chi connectivity index (χ3n) is 4.82. The summed E-state index contributed by atoms with van der Waals surface area (Å²) in [5.74, 6) is 1.07. The van der Waals surface area contributed by atoms with Gasteiger partial charge in [-0.2, -0.15) is 0 Å². The molecule has 1 aliphatic carbocycles. The molecule has 1 saturated carbocycles. The molecular formula is C17H23NO2. The summed E-state index contributed by atoms with van der Waals surface area (Å²) in [5, 5.41) is 9.54. The van der Waals surface area contributed by atoms with Crippen LogP contribution in [0.3, 0.4) is 0 Å². The van der Waals surface area contributed by atoms with Crippen LogP contribution < -0.4 is 0 Å². The number of carbonyl (C=O) groups excluding carboxylic acids is 1. The summed E-state index contributed by atoms with van der Waals surface area (Å²) in [4.78, 5) is 14.3. The summed E-state index contributed by atoms with van der Waals surface area (Å²) < 4.78 is 0. The number of hydrogen-bond acceptors (Lipinski definition) is 2. The molecular weight excluding hydrogens is 250 g/mol. The number of amides is 1. The molecule has 1 atom stereocenters. The van der Waals surface area contributed by atoms with Gasteiger partial charge in [0, 0.05) is 19.0 Å². The standard InChI is InChI=1S/C17H23NO2/c19-16-10-11-18(12-16)17(20)15-8-6-14(7-9-15)13-4-2-1-3-5-13/h1-5,14-16,19H,6-12H2/t14?,15?,16-/m1/s1. The van der Waals surface area contributed by atoms with Gasteiger partial charge < -0.3 is 10.0 Å². The Balaban J connectivity index is 1.55. The van der Waals surface area contributed by atoms with Crippen molar-refractivity contribution in [2.75, 3.05) is 13.1 Å². The quantitative estimate of drug-likeness (QED) is 0.899. The van der Waals surface area contributed by atoms with Crippen molar-refractivity contribution in [2.24, 2.45) is 5.92 Å². The van der Waals surface area contributed by atoms with Crippen molar-refractivity contribution in [3.05, 3.63) is 35.9 Å². The van der Waals surface area contributed by atoms with E-state index in [-0.39, 0.29) is 17.9 Å². The van der Waals surface area contributed by atoms with Gasteiger partial charge in [-0.3, -0.25) is 4.79 Å². The normalized spacial score (nSPS) is 30.4. The number of rotatable bonds is 2. The van der Waals surface area contributed by atoms with Crippen molar-refractivity contribution < 1.29 is 9.90 Å². The van der Waals surface area contributed by atoms with Gasteiger partial charge >= 0.3 is 0 Å². The molecule has 1 aromatic rings. The third kappa shape index (κ3) is 2.88. The molecule has 0 radical (unpaired) electrons. The fraction of sp³-hybridized carbons (Fsp3) is 0.588. The number of nitrogens with zero attached hydrogens (tertiary/aromatic N) is 1. The third-order valence-corrected chi connectivity index (χ3v) is 4.82. The van der Waals surface area contributed by atoms with E-state index in [1.807, 2.05) is 4.90 Å². The number of likely N-dealkylation sites (tertiary alicyclic amines) is 1. The molecule has 3 nitrogen and oxygen atoms in total. The van der Waals surface area contributed by atoms with E-state index in [0.29, 0.717) is 12.5 Å². The van der Waals surface area contributed by atoms with E-state index < -0.39 is 0 Å². The van der Waals surface area contributed by atoms with E-state index in [4.69, 9.17) is 0 Å². The first-order chi connectivity index (χ1) is 9.74. The Morgan fingerprint density at radius 2 is 1.75 bits per heavy atom. The first kappa shape index (κ1) is 13.6. The molecule has 1 heterocycles. The molecule has 1 aliphatic heterocycles. The number of aliphatic hydroxyl groups excluding tert-OH is 1. The monoisotopic (exact) mass is 273 g/mol. The average Bonchev–Trinajstić information content (AvgIpc) is 2.94. The summed E-state index contributed by atoms with van der Waals surface area (Å²) in [6.45, 7) is 1.27. The lowest BCUT2D eigenvalue weighted by Gasteiger charge is -2.30. The number of β-amino-alcohol motifs (C(OH)–C–C–N with tert-alkyl or cyclic N) is 1. The molecule has 0 bridgehead atoms. The van der Waals surface area contributed by atoms with Gasteiger partial charge in [-0.1, -0.05) is 30.3 Å². The molecule has 20 heavy (non-hydrogen) atoms. The van der Waals surface area contributed by atoms with Gasteiger partial charge in [0.1, 0.15) is 0 Å². The molecule has 1 aromatic carbocycles. The first-order valence-electron chi connectivity index (χ1n) is 7.76. The summed E-state index contributed by atoms with van der Waals surface area (Å²) in [7, 11) is 0. The van der Waals surface area contributed by atoms with Crippen LogP contribution in [0, 0.1) is 5.92 Å². The second-order valence-electron chi connectivity index (χ2n) is 6.19. The van der Waals surface area contributed by atoms with E-state index in [9.17, 15) is 9.90 Å². The Morgan fingerprint density at radius 3 is 2.35 bits per heavy atom. The van der Waals surface area contributed by atoms with Gasteiger partial charge in [0.25, 0.3) is 0 Å². The largest absolute Gasteiger partial charge is 0.391 e. The number of carbonyl (C=O) groups is 1. The summed E-state index contributed by atoms with van der Waals surface area (Å²) >= 11 is 0. The van der Waals surface area contributed by atoms with Crippen LogP contribution >= 0.6 is 0 Å². The first-order valence-corrected chi connectivity index (χ1v) is 7.76. The minimum Gasteiger partial charge on any atom is -0.391 e. The zero-order valence-electron chi connectivity index (χ0n) is 11.9. The van der Waals surface area contributed by atoms with Gasteiger partial charge in [0.05, 0.1) is 6.10 Å². The summed E-state index contributed by atoms with van der Waals surface area (Å²) in [5.41, 5.74) is 1.41. The highest BCUT2D eigenvalue weighted by molar-refractivity contribution is 5.79. The zero-order valence-corrected chi connectivity index (χ0v) is 11.9. The predicted octanol–water partition coefficient (Wildman–Crippen LogP) is 2.55. The van der Waals surface area contributed by atoms with Gasteiger partial charge in [-0.25, -0.2) is 0 Å². The zero-order chi connectivity index (χ0) is 13.9. The molecule has 1 N–H and O–H groups in total. The second kappa shape index (κ2) is 5.96. The molecule has 0 aromatic heterocycles.